The molecule has 0 fully saturated rings. The molecule has 0 aromatic heterocycles. The maximum atomic E-state index is 12.2. The number of carbonyl (C=O) groups excluding carboxylic acids is 2. The van der Waals surface area contributed by atoms with E-state index in [-0.39, 0.29) is 18.4 Å². The van der Waals surface area contributed by atoms with Gasteiger partial charge in [-0.05, 0) is 68.3 Å². The van der Waals surface area contributed by atoms with E-state index in [0.717, 1.165) is 17.0 Å². The van der Waals surface area contributed by atoms with E-state index in [4.69, 9.17) is 9.47 Å². The van der Waals surface area contributed by atoms with Crippen LogP contribution in [0.5, 0.6) is 11.5 Å². The van der Waals surface area contributed by atoms with Crippen LogP contribution in [-0.2, 0) is 16.0 Å². The monoisotopic (exact) mass is 368 g/mol. The highest BCUT2D eigenvalue weighted by molar-refractivity contribution is 5.97. The number of ether oxygens (including phenoxy) is 2. The van der Waals surface area contributed by atoms with Crippen molar-refractivity contribution in [3.05, 3.63) is 48.0 Å². The number of hydrogen-bond acceptors (Lipinski definition) is 4. The second-order valence-electron chi connectivity index (χ2n) is 6.22. The van der Waals surface area contributed by atoms with E-state index in [0.29, 0.717) is 37.4 Å². The first-order chi connectivity index (χ1) is 13.1. The summed E-state index contributed by atoms with van der Waals surface area (Å²) in [5.74, 6) is 1.28. The van der Waals surface area contributed by atoms with E-state index < -0.39 is 0 Å². The maximum Gasteiger partial charge on any atom is 0.262 e. The number of rotatable bonds is 7. The summed E-state index contributed by atoms with van der Waals surface area (Å²) in [6.07, 6.45) is 1.19. The van der Waals surface area contributed by atoms with Crippen LogP contribution in [-0.4, -0.2) is 31.6 Å². The highest BCUT2D eigenvalue weighted by Gasteiger charge is 2.22. The Morgan fingerprint density at radius 3 is 2.41 bits per heavy atom. The SMILES string of the molecule is CCOc1ccc(OCC(=O)Nc2ccc3c(c2)CCC(=O)N3CC)cc1. The van der Waals surface area contributed by atoms with E-state index in [9.17, 15) is 9.59 Å². The van der Waals surface area contributed by atoms with Crippen LogP contribution in [0.3, 0.4) is 0 Å². The third-order valence-corrected chi connectivity index (χ3v) is 4.38. The van der Waals surface area contributed by atoms with Crippen LogP contribution < -0.4 is 19.7 Å². The second-order valence-corrected chi connectivity index (χ2v) is 6.22. The number of carbonyl (C=O) groups is 2. The molecule has 27 heavy (non-hydrogen) atoms. The smallest absolute Gasteiger partial charge is 0.262 e. The molecule has 1 aliphatic rings. The Morgan fingerprint density at radius 1 is 1.04 bits per heavy atom. The number of nitrogens with zero attached hydrogens (tertiary/aromatic N) is 1. The quantitative estimate of drug-likeness (QED) is 0.813. The molecule has 2 aromatic carbocycles. The van der Waals surface area contributed by atoms with Crippen molar-refractivity contribution in [2.45, 2.75) is 26.7 Å². The normalized spacial score (nSPS) is 13.1. The fourth-order valence-corrected chi connectivity index (χ4v) is 3.13. The lowest BCUT2D eigenvalue weighted by Gasteiger charge is -2.28. The minimum Gasteiger partial charge on any atom is -0.494 e. The Kier molecular flexibility index (Phi) is 5.96. The van der Waals surface area contributed by atoms with Crippen molar-refractivity contribution >= 4 is 23.2 Å². The molecule has 0 spiro atoms. The van der Waals surface area contributed by atoms with Crippen LogP contribution in [0.25, 0.3) is 0 Å². The van der Waals surface area contributed by atoms with Gasteiger partial charge in [-0.1, -0.05) is 0 Å². The van der Waals surface area contributed by atoms with E-state index >= 15 is 0 Å². The number of nitrogens with one attached hydrogen (secondary N) is 1. The summed E-state index contributed by atoms with van der Waals surface area (Å²) in [5, 5.41) is 2.85. The number of fused-ring (bicyclic) bond motifs is 1. The van der Waals surface area contributed by atoms with Crippen molar-refractivity contribution in [2.24, 2.45) is 0 Å². The lowest BCUT2D eigenvalue weighted by atomic mass is 10.0. The summed E-state index contributed by atoms with van der Waals surface area (Å²) in [6.45, 7) is 5.06. The molecule has 0 saturated heterocycles. The standard InChI is InChI=1S/C21H24N2O4/c1-3-23-19-11-6-16(13-15(19)5-12-21(23)25)22-20(24)14-27-18-9-7-17(8-10-18)26-4-2/h6-11,13H,3-5,12,14H2,1-2H3,(H,22,24). The van der Waals surface area contributed by atoms with Gasteiger partial charge in [0, 0.05) is 24.3 Å². The Hall–Kier alpha value is -3.02. The number of aryl methyl sites for hydroxylation is 1. The zero-order valence-electron chi connectivity index (χ0n) is 15.7. The van der Waals surface area contributed by atoms with Crippen LogP contribution in [0.4, 0.5) is 11.4 Å². The van der Waals surface area contributed by atoms with Gasteiger partial charge >= 0.3 is 0 Å². The van der Waals surface area contributed by atoms with E-state index in [1.165, 1.54) is 0 Å². The number of anilines is 2. The Labute approximate surface area is 159 Å². The molecule has 0 radical (unpaired) electrons. The van der Waals surface area contributed by atoms with E-state index in [2.05, 4.69) is 5.32 Å². The first kappa shape index (κ1) is 18.8. The lowest BCUT2D eigenvalue weighted by molar-refractivity contribution is -0.119. The summed E-state index contributed by atoms with van der Waals surface area (Å²) in [4.78, 5) is 25.9. The Balaban J connectivity index is 1.57. The molecule has 2 aromatic rings. The molecule has 2 amide bonds. The molecular weight excluding hydrogens is 344 g/mol. The van der Waals surface area contributed by atoms with Crippen molar-refractivity contribution in [1.29, 1.82) is 0 Å². The average molecular weight is 368 g/mol. The average Bonchev–Trinajstić information content (AvgIpc) is 2.68. The molecule has 0 saturated carbocycles. The topological polar surface area (TPSA) is 67.9 Å². The first-order valence-corrected chi connectivity index (χ1v) is 9.19. The van der Waals surface area contributed by atoms with E-state index in [1.54, 1.807) is 29.2 Å². The van der Waals surface area contributed by atoms with Crippen molar-refractivity contribution in [3.8, 4) is 11.5 Å². The van der Waals surface area contributed by atoms with Gasteiger partial charge in [0.25, 0.3) is 5.91 Å². The Bertz CT molecular complexity index is 817. The summed E-state index contributed by atoms with van der Waals surface area (Å²) < 4.78 is 10.9. The molecule has 142 valence electrons. The van der Waals surface area contributed by atoms with Crippen molar-refractivity contribution in [2.75, 3.05) is 30.0 Å². The van der Waals surface area contributed by atoms with Crippen molar-refractivity contribution < 1.29 is 19.1 Å². The second kappa shape index (κ2) is 8.58. The van der Waals surface area contributed by atoms with E-state index in [1.807, 2.05) is 32.0 Å². The summed E-state index contributed by atoms with van der Waals surface area (Å²) in [5.41, 5.74) is 2.71. The third-order valence-electron chi connectivity index (χ3n) is 4.38. The highest BCUT2D eigenvalue weighted by Crippen LogP contribution is 2.30. The van der Waals surface area contributed by atoms with Crippen molar-refractivity contribution in [1.82, 2.24) is 0 Å². The number of hydrogen-bond donors (Lipinski definition) is 1. The van der Waals surface area contributed by atoms with Gasteiger partial charge in [-0.25, -0.2) is 0 Å². The Morgan fingerprint density at radius 2 is 1.74 bits per heavy atom. The molecule has 0 atom stereocenters. The zero-order valence-corrected chi connectivity index (χ0v) is 15.7. The predicted molar refractivity (Wildman–Crippen MR) is 105 cm³/mol. The molecule has 3 rings (SSSR count). The van der Waals surface area contributed by atoms with Gasteiger partial charge in [-0.3, -0.25) is 9.59 Å². The van der Waals surface area contributed by atoms with Crippen molar-refractivity contribution in [3.63, 3.8) is 0 Å². The fourth-order valence-electron chi connectivity index (χ4n) is 3.13. The molecule has 1 N–H and O–H groups in total. The number of amides is 2. The molecular formula is C21H24N2O4. The van der Waals surface area contributed by atoms with Gasteiger partial charge in [-0.2, -0.15) is 0 Å². The summed E-state index contributed by atoms with van der Waals surface area (Å²) in [7, 11) is 0. The zero-order chi connectivity index (χ0) is 19.2. The van der Waals surface area contributed by atoms with Gasteiger partial charge in [0.05, 0.1) is 6.61 Å². The minimum absolute atomic E-state index is 0.0787. The maximum absolute atomic E-state index is 12.2. The van der Waals surface area contributed by atoms with Gasteiger partial charge in [0.1, 0.15) is 11.5 Å². The van der Waals surface area contributed by atoms with Gasteiger partial charge in [-0.15, -0.1) is 0 Å². The van der Waals surface area contributed by atoms with Crippen LogP contribution in [0.15, 0.2) is 42.5 Å². The molecule has 0 aliphatic carbocycles. The molecule has 1 heterocycles. The minimum atomic E-state index is -0.233. The highest BCUT2D eigenvalue weighted by atomic mass is 16.5. The lowest BCUT2D eigenvalue weighted by Crippen LogP contribution is -2.34. The summed E-state index contributed by atoms with van der Waals surface area (Å²) >= 11 is 0. The predicted octanol–water partition coefficient (Wildman–Crippen LogP) is 3.40. The van der Waals surface area contributed by atoms with Crippen LogP contribution in [0.2, 0.25) is 0 Å². The molecule has 1 aliphatic heterocycles. The molecule has 0 bridgehead atoms. The van der Waals surface area contributed by atoms with Crippen LogP contribution in [0.1, 0.15) is 25.8 Å². The molecule has 6 nitrogen and oxygen atoms in total. The number of benzene rings is 2. The van der Waals surface area contributed by atoms with Gasteiger partial charge in [0.15, 0.2) is 6.61 Å². The largest absolute Gasteiger partial charge is 0.494 e. The first-order valence-electron chi connectivity index (χ1n) is 9.19. The van der Waals surface area contributed by atoms with Crippen LogP contribution in [0, 0.1) is 0 Å². The van der Waals surface area contributed by atoms with Gasteiger partial charge in [0.2, 0.25) is 5.91 Å². The molecule has 0 unspecified atom stereocenters. The molecule has 6 heteroatoms. The summed E-state index contributed by atoms with van der Waals surface area (Å²) in [6, 6.07) is 12.8. The van der Waals surface area contributed by atoms with Crippen LogP contribution >= 0.6 is 0 Å². The van der Waals surface area contributed by atoms with Gasteiger partial charge < -0.3 is 19.7 Å². The fraction of sp³-hybridized carbons (Fsp3) is 0.333. The third kappa shape index (κ3) is 4.58.